The van der Waals surface area contributed by atoms with Gasteiger partial charge in [0.15, 0.2) is 6.61 Å². The van der Waals surface area contributed by atoms with E-state index in [0.717, 1.165) is 16.7 Å². The minimum Gasteiger partial charge on any atom is -0.452 e. The second-order valence-corrected chi connectivity index (χ2v) is 5.69. The first-order valence-corrected chi connectivity index (χ1v) is 7.83. The molecule has 24 heavy (non-hydrogen) atoms. The van der Waals surface area contributed by atoms with E-state index in [1.165, 1.54) is 6.08 Å². The molecule has 2 aromatic rings. The summed E-state index contributed by atoms with van der Waals surface area (Å²) in [5.74, 6) is -0.916. The van der Waals surface area contributed by atoms with Crippen LogP contribution in [-0.2, 0) is 20.9 Å². The smallest absolute Gasteiger partial charge is 0.331 e. The third kappa shape index (κ3) is 6.26. The summed E-state index contributed by atoms with van der Waals surface area (Å²) in [6.45, 7) is 2.01. The number of carbonyl (C=O) groups is 2. The molecule has 0 unspecified atom stereocenters. The average molecular weight is 344 g/mol. The summed E-state index contributed by atoms with van der Waals surface area (Å²) in [7, 11) is 0. The van der Waals surface area contributed by atoms with Crippen LogP contribution in [-0.4, -0.2) is 18.5 Å². The second-order valence-electron chi connectivity index (χ2n) is 5.26. The third-order valence-electron chi connectivity index (χ3n) is 3.20. The summed E-state index contributed by atoms with van der Waals surface area (Å²) in [5.41, 5.74) is 2.92. The molecule has 0 aliphatic carbocycles. The van der Waals surface area contributed by atoms with Crippen LogP contribution in [0, 0.1) is 6.92 Å². The van der Waals surface area contributed by atoms with Crippen LogP contribution in [0.2, 0.25) is 5.02 Å². The van der Waals surface area contributed by atoms with Gasteiger partial charge in [-0.15, -0.1) is 0 Å². The molecule has 0 atom stereocenters. The van der Waals surface area contributed by atoms with Crippen molar-refractivity contribution in [3.8, 4) is 0 Å². The predicted octanol–water partition coefficient (Wildman–Crippen LogP) is 3.52. The molecule has 0 heterocycles. The highest BCUT2D eigenvalue weighted by Crippen LogP contribution is 2.09. The summed E-state index contributed by atoms with van der Waals surface area (Å²) in [6.07, 6.45) is 2.96. The van der Waals surface area contributed by atoms with Crippen molar-refractivity contribution < 1.29 is 14.3 Å². The minimum atomic E-state index is -0.557. The fourth-order valence-electron chi connectivity index (χ4n) is 1.98. The number of nitrogens with one attached hydrogen (secondary N) is 1. The SMILES string of the molecule is Cc1cccc(/C=C/C(=O)OCC(=O)NCc2ccc(Cl)cc2)c1. The number of rotatable bonds is 6. The number of benzene rings is 2. The Labute approximate surface area is 146 Å². The molecule has 124 valence electrons. The van der Waals surface area contributed by atoms with E-state index in [1.54, 1.807) is 18.2 Å². The lowest BCUT2D eigenvalue weighted by Crippen LogP contribution is -2.28. The highest BCUT2D eigenvalue weighted by molar-refractivity contribution is 6.30. The molecule has 0 spiro atoms. The van der Waals surface area contributed by atoms with Crippen molar-refractivity contribution in [1.29, 1.82) is 0 Å². The molecule has 0 saturated carbocycles. The van der Waals surface area contributed by atoms with Gasteiger partial charge in [0.1, 0.15) is 0 Å². The van der Waals surface area contributed by atoms with E-state index >= 15 is 0 Å². The molecule has 0 radical (unpaired) electrons. The summed E-state index contributed by atoms with van der Waals surface area (Å²) in [6, 6.07) is 14.8. The molecule has 1 amide bonds. The Morgan fingerprint density at radius 1 is 1.17 bits per heavy atom. The van der Waals surface area contributed by atoms with Crippen LogP contribution >= 0.6 is 11.6 Å². The number of ether oxygens (including phenoxy) is 1. The van der Waals surface area contributed by atoms with Crippen molar-refractivity contribution in [1.82, 2.24) is 5.32 Å². The van der Waals surface area contributed by atoms with Crippen LogP contribution in [0.3, 0.4) is 0 Å². The Kier molecular flexibility index (Phi) is 6.58. The van der Waals surface area contributed by atoms with E-state index in [4.69, 9.17) is 16.3 Å². The number of hydrogen-bond donors (Lipinski definition) is 1. The van der Waals surface area contributed by atoms with Crippen molar-refractivity contribution in [3.63, 3.8) is 0 Å². The number of aryl methyl sites for hydroxylation is 1. The average Bonchev–Trinajstić information content (AvgIpc) is 2.57. The highest BCUT2D eigenvalue weighted by Gasteiger charge is 2.05. The van der Waals surface area contributed by atoms with Crippen molar-refractivity contribution >= 4 is 29.6 Å². The monoisotopic (exact) mass is 343 g/mol. The van der Waals surface area contributed by atoms with Gasteiger partial charge in [-0.05, 0) is 36.3 Å². The van der Waals surface area contributed by atoms with E-state index in [0.29, 0.717) is 11.6 Å². The topological polar surface area (TPSA) is 55.4 Å². The van der Waals surface area contributed by atoms with Gasteiger partial charge in [-0.25, -0.2) is 4.79 Å². The Bertz CT molecular complexity index is 739. The standard InChI is InChI=1S/C19H18ClNO3/c1-14-3-2-4-15(11-14)7-10-19(23)24-13-18(22)21-12-16-5-8-17(20)9-6-16/h2-11H,12-13H2,1H3,(H,21,22)/b10-7+. The van der Waals surface area contributed by atoms with Crippen LogP contribution in [0.15, 0.2) is 54.6 Å². The summed E-state index contributed by atoms with van der Waals surface area (Å²) >= 11 is 5.79. The first-order valence-electron chi connectivity index (χ1n) is 7.45. The van der Waals surface area contributed by atoms with E-state index < -0.39 is 5.97 Å². The quantitative estimate of drug-likeness (QED) is 0.645. The van der Waals surface area contributed by atoms with E-state index in [1.807, 2.05) is 43.3 Å². The van der Waals surface area contributed by atoms with Crippen LogP contribution < -0.4 is 5.32 Å². The zero-order valence-corrected chi connectivity index (χ0v) is 14.0. The molecule has 0 saturated heterocycles. The molecule has 0 aliphatic rings. The number of halogens is 1. The fourth-order valence-corrected chi connectivity index (χ4v) is 2.10. The van der Waals surface area contributed by atoms with Gasteiger partial charge in [0, 0.05) is 17.6 Å². The zero-order valence-electron chi connectivity index (χ0n) is 13.3. The summed E-state index contributed by atoms with van der Waals surface area (Å²) < 4.78 is 4.90. The Balaban J connectivity index is 1.72. The lowest BCUT2D eigenvalue weighted by Gasteiger charge is -2.05. The van der Waals surface area contributed by atoms with Gasteiger partial charge in [-0.3, -0.25) is 4.79 Å². The lowest BCUT2D eigenvalue weighted by atomic mass is 10.1. The molecule has 4 nitrogen and oxygen atoms in total. The van der Waals surface area contributed by atoms with Crippen LogP contribution in [0.4, 0.5) is 0 Å². The Morgan fingerprint density at radius 2 is 1.92 bits per heavy atom. The van der Waals surface area contributed by atoms with E-state index in [2.05, 4.69) is 5.32 Å². The maximum atomic E-state index is 11.7. The van der Waals surface area contributed by atoms with E-state index in [9.17, 15) is 9.59 Å². The van der Waals surface area contributed by atoms with Gasteiger partial charge in [0.05, 0.1) is 0 Å². The molecule has 0 aliphatic heterocycles. The first kappa shape index (κ1) is 17.8. The molecule has 0 fully saturated rings. The molecule has 1 N–H and O–H groups in total. The Morgan fingerprint density at radius 3 is 2.62 bits per heavy atom. The maximum absolute atomic E-state index is 11.7. The van der Waals surface area contributed by atoms with E-state index in [-0.39, 0.29) is 12.5 Å². The number of hydrogen-bond acceptors (Lipinski definition) is 3. The van der Waals surface area contributed by atoms with Crippen molar-refractivity contribution in [2.45, 2.75) is 13.5 Å². The van der Waals surface area contributed by atoms with Crippen molar-refractivity contribution in [3.05, 3.63) is 76.3 Å². The highest BCUT2D eigenvalue weighted by atomic mass is 35.5. The molecule has 2 rings (SSSR count). The van der Waals surface area contributed by atoms with Crippen molar-refractivity contribution in [2.75, 3.05) is 6.61 Å². The summed E-state index contributed by atoms with van der Waals surface area (Å²) in [4.78, 5) is 23.3. The maximum Gasteiger partial charge on any atom is 0.331 e. The molecular weight excluding hydrogens is 326 g/mol. The van der Waals surface area contributed by atoms with Gasteiger partial charge >= 0.3 is 5.97 Å². The van der Waals surface area contributed by atoms with Gasteiger partial charge in [0.25, 0.3) is 5.91 Å². The van der Waals surface area contributed by atoms with Gasteiger partial charge in [-0.2, -0.15) is 0 Å². The largest absolute Gasteiger partial charge is 0.452 e. The lowest BCUT2D eigenvalue weighted by molar-refractivity contribution is -0.143. The molecule has 0 aromatic heterocycles. The summed E-state index contributed by atoms with van der Waals surface area (Å²) in [5, 5.41) is 3.31. The van der Waals surface area contributed by atoms with Gasteiger partial charge < -0.3 is 10.1 Å². The van der Waals surface area contributed by atoms with Gasteiger partial charge in [-0.1, -0.05) is 53.6 Å². The predicted molar refractivity (Wildman–Crippen MR) is 94.5 cm³/mol. The molecule has 5 heteroatoms. The number of esters is 1. The minimum absolute atomic E-state index is 0.315. The number of carbonyl (C=O) groups excluding carboxylic acids is 2. The van der Waals surface area contributed by atoms with Crippen LogP contribution in [0.25, 0.3) is 6.08 Å². The second kappa shape index (κ2) is 8.89. The third-order valence-corrected chi connectivity index (χ3v) is 3.45. The first-order chi connectivity index (χ1) is 11.5. The molecule has 0 bridgehead atoms. The normalized spacial score (nSPS) is 10.6. The fraction of sp³-hybridized carbons (Fsp3) is 0.158. The Hall–Kier alpha value is -2.59. The molecule has 2 aromatic carbocycles. The molecular formula is C19H18ClNO3. The van der Waals surface area contributed by atoms with Crippen molar-refractivity contribution in [2.24, 2.45) is 0 Å². The zero-order chi connectivity index (χ0) is 17.4. The van der Waals surface area contributed by atoms with Gasteiger partial charge in [0.2, 0.25) is 0 Å². The van der Waals surface area contributed by atoms with Crippen LogP contribution in [0.5, 0.6) is 0 Å². The van der Waals surface area contributed by atoms with Crippen LogP contribution in [0.1, 0.15) is 16.7 Å². The number of amides is 1.